The Morgan fingerprint density at radius 2 is 2.64 bits per heavy atom. The largest absolute Gasteiger partial charge is 0.149 e. The van der Waals surface area contributed by atoms with Crippen molar-refractivity contribution in [3.8, 4) is 0 Å². The van der Waals surface area contributed by atoms with Crippen molar-refractivity contribution in [2.75, 3.05) is 0 Å². The van der Waals surface area contributed by atoms with E-state index in [1.54, 1.807) is 11.3 Å². The number of hydrogen-bond acceptors (Lipinski definition) is 2. The number of nitrogens with zero attached hydrogens (tertiary/aromatic N) is 3. The van der Waals surface area contributed by atoms with E-state index in [0.29, 0.717) is 0 Å². The van der Waals surface area contributed by atoms with Gasteiger partial charge in [0, 0.05) is 15.8 Å². The zero-order valence-electron chi connectivity index (χ0n) is 6.27. The second-order valence-corrected chi connectivity index (χ2v) is 3.37. The molecule has 0 aliphatic heterocycles. The number of rotatable bonds is 3. The maximum atomic E-state index is 8.13. The molecular weight excluding hydrogens is 158 g/mol. The smallest absolute Gasteiger partial charge is 0.0394 e. The van der Waals surface area contributed by atoms with Crippen molar-refractivity contribution in [3.63, 3.8) is 0 Å². The Morgan fingerprint density at radius 1 is 1.82 bits per heavy atom. The average molecular weight is 167 g/mol. The maximum Gasteiger partial charge on any atom is 0.0394 e. The molecule has 3 nitrogen and oxygen atoms in total. The first-order valence-corrected chi connectivity index (χ1v) is 4.27. The average Bonchev–Trinajstić information content (AvgIpc) is 2.40. The summed E-state index contributed by atoms with van der Waals surface area (Å²) in [5.74, 6) is 0. The van der Waals surface area contributed by atoms with Gasteiger partial charge < -0.3 is 0 Å². The minimum Gasteiger partial charge on any atom is -0.149 e. The van der Waals surface area contributed by atoms with Gasteiger partial charge in [-0.15, -0.1) is 11.3 Å². The minimum absolute atomic E-state index is 0.0682. The van der Waals surface area contributed by atoms with E-state index in [0.717, 1.165) is 6.42 Å². The van der Waals surface area contributed by atoms with E-state index in [4.69, 9.17) is 5.53 Å². The van der Waals surface area contributed by atoms with Crippen molar-refractivity contribution in [1.82, 2.24) is 0 Å². The predicted octanol–water partition coefficient (Wildman–Crippen LogP) is 2.99. The summed E-state index contributed by atoms with van der Waals surface area (Å²) in [5, 5.41) is 5.61. The molecule has 0 aliphatic carbocycles. The van der Waals surface area contributed by atoms with Crippen molar-refractivity contribution in [1.29, 1.82) is 0 Å². The third-order valence-corrected chi connectivity index (χ3v) is 2.22. The maximum absolute atomic E-state index is 8.13. The molecule has 11 heavy (non-hydrogen) atoms. The van der Waals surface area contributed by atoms with Gasteiger partial charge in [0.15, 0.2) is 0 Å². The monoisotopic (exact) mass is 167 g/mol. The third-order valence-electron chi connectivity index (χ3n) is 1.33. The lowest BCUT2D eigenvalue weighted by Gasteiger charge is -1.99. The van der Waals surface area contributed by atoms with E-state index < -0.39 is 0 Å². The highest BCUT2D eigenvalue weighted by molar-refractivity contribution is 7.09. The lowest BCUT2D eigenvalue weighted by atomic mass is 10.2. The fourth-order valence-electron chi connectivity index (χ4n) is 0.849. The van der Waals surface area contributed by atoms with Gasteiger partial charge in [-0.3, -0.25) is 0 Å². The first-order valence-electron chi connectivity index (χ1n) is 3.39. The van der Waals surface area contributed by atoms with Crippen LogP contribution in [0.4, 0.5) is 0 Å². The Kier molecular flexibility index (Phi) is 2.95. The van der Waals surface area contributed by atoms with E-state index in [-0.39, 0.29) is 6.04 Å². The molecule has 0 radical (unpaired) electrons. The van der Waals surface area contributed by atoms with Crippen molar-refractivity contribution < 1.29 is 0 Å². The molecule has 0 aliphatic rings. The van der Waals surface area contributed by atoms with E-state index >= 15 is 0 Å². The lowest BCUT2D eigenvalue weighted by molar-refractivity contribution is 0.739. The topological polar surface area (TPSA) is 48.8 Å². The molecule has 0 fully saturated rings. The van der Waals surface area contributed by atoms with Gasteiger partial charge in [-0.05, 0) is 23.4 Å². The number of thiophene rings is 1. The molecule has 0 bridgehead atoms. The van der Waals surface area contributed by atoms with E-state index in [9.17, 15) is 0 Å². The fourth-order valence-corrected chi connectivity index (χ4v) is 1.68. The van der Waals surface area contributed by atoms with Crippen LogP contribution in [0.15, 0.2) is 22.6 Å². The Labute approximate surface area is 69.3 Å². The second-order valence-electron chi connectivity index (χ2n) is 2.34. The molecule has 1 aromatic rings. The summed E-state index contributed by atoms with van der Waals surface area (Å²) in [6.45, 7) is 1.92. The summed E-state index contributed by atoms with van der Waals surface area (Å²) in [6, 6.07) is 4.12. The molecule has 1 rings (SSSR count). The van der Waals surface area contributed by atoms with Crippen molar-refractivity contribution in [2.24, 2.45) is 5.11 Å². The molecule has 0 N–H and O–H groups in total. The van der Waals surface area contributed by atoms with Crippen LogP contribution >= 0.6 is 11.3 Å². The summed E-state index contributed by atoms with van der Waals surface area (Å²) >= 11 is 1.69. The molecule has 0 spiro atoms. The van der Waals surface area contributed by atoms with Crippen molar-refractivity contribution in [3.05, 3.63) is 32.8 Å². The second kappa shape index (κ2) is 4.01. The molecule has 1 unspecified atom stereocenters. The van der Waals surface area contributed by atoms with Gasteiger partial charge in [0.25, 0.3) is 0 Å². The summed E-state index contributed by atoms with van der Waals surface area (Å²) in [5.41, 5.74) is 8.13. The van der Waals surface area contributed by atoms with Gasteiger partial charge in [0.05, 0.1) is 0 Å². The summed E-state index contributed by atoms with van der Waals surface area (Å²) in [7, 11) is 0. The van der Waals surface area contributed by atoms with Crippen LogP contribution in [0.2, 0.25) is 0 Å². The highest BCUT2D eigenvalue weighted by atomic mass is 32.1. The standard InChI is InChI=1S/C7H9N3S/c1-6(9-10-8)5-7-3-2-4-11-7/h2-4,6H,5H2,1H3. The zero-order chi connectivity index (χ0) is 8.10. The number of azide groups is 1. The Balaban J connectivity index is 2.49. The van der Waals surface area contributed by atoms with Crippen LogP contribution in [-0.4, -0.2) is 6.04 Å². The highest BCUT2D eigenvalue weighted by Gasteiger charge is 2.00. The van der Waals surface area contributed by atoms with Crippen LogP contribution in [-0.2, 0) is 6.42 Å². The molecule has 0 saturated heterocycles. The molecular formula is C7H9N3S. The van der Waals surface area contributed by atoms with Gasteiger partial charge in [-0.25, -0.2) is 0 Å². The van der Waals surface area contributed by atoms with Gasteiger partial charge in [-0.2, -0.15) is 0 Å². The summed E-state index contributed by atoms with van der Waals surface area (Å²) in [6.07, 6.45) is 0.849. The van der Waals surface area contributed by atoms with Gasteiger partial charge in [-0.1, -0.05) is 18.1 Å². The van der Waals surface area contributed by atoms with Crippen LogP contribution in [0, 0.1) is 0 Å². The van der Waals surface area contributed by atoms with Crippen LogP contribution in [0.25, 0.3) is 10.4 Å². The highest BCUT2D eigenvalue weighted by Crippen LogP contribution is 2.12. The van der Waals surface area contributed by atoms with Crippen LogP contribution in [0.5, 0.6) is 0 Å². The van der Waals surface area contributed by atoms with Crippen LogP contribution in [0.1, 0.15) is 11.8 Å². The first kappa shape index (κ1) is 8.11. The quantitative estimate of drug-likeness (QED) is 0.377. The molecule has 4 heteroatoms. The van der Waals surface area contributed by atoms with Gasteiger partial charge in [0.2, 0.25) is 0 Å². The lowest BCUT2D eigenvalue weighted by Crippen LogP contribution is -1.98. The fraction of sp³-hybridized carbons (Fsp3) is 0.429. The zero-order valence-corrected chi connectivity index (χ0v) is 7.08. The molecule has 0 saturated carbocycles. The van der Waals surface area contributed by atoms with Crippen molar-refractivity contribution >= 4 is 11.3 Å². The molecule has 1 aromatic heterocycles. The van der Waals surface area contributed by atoms with Gasteiger partial charge >= 0.3 is 0 Å². The minimum atomic E-state index is 0.0682. The van der Waals surface area contributed by atoms with Gasteiger partial charge in [0.1, 0.15) is 0 Å². The van der Waals surface area contributed by atoms with Crippen molar-refractivity contribution in [2.45, 2.75) is 19.4 Å². The van der Waals surface area contributed by atoms with Crippen LogP contribution in [0.3, 0.4) is 0 Å². The van der Waals surface area contributed by atoms with E-state index in [2.05, 4.69) is 10.0 Å². The molecule has 58 valence electrons. The Hall–Kier alpha value is -0.990. The Morgan fingerprint density at radius 3 is 3.18 bits per heavy atom. The third kappa shape index (κ3) is 2.62. The summed E-state index contributed by atoms with van der Waals surface area (Å²) < 4.78 is 0. The van der Waals surface area contributed by atoms with Crippen LogP contribution < -0.4 is 0 Å². The number of hydrogen-bond donors (Lipinski definition) is 0. The molecule has 0 aromatic carbocycles. The van der Waals surface area contributed by atoms with E-state index in [1.807, 2.05) is 24.4 Å². The molecule has 1 heterocycles. The first-order chi connectivity index (χ1) is 5.33. The summed E-state index contributed by atoms with van der Waals surface area (Å²) in [4.78, 5) is 4.01. The molecule has 1 atom stereocenters. The normalized spacial score (nSPS) is 12.1. The SMILES string of the molecule is CC(Cc1cccs1)N=[N+]=[N-]. The Bertz CT molecular complexity index is 249. The predicted molar refractivity (Wildman–Crippen MR) is 46.6 cm³/mol. The van der Waals surface area contributed by atoms with E-state index in [1.165, 1.54) is 4.88 Å². The molecule has 0 amide bonds.